The number of ether oxygens (including phenoxy) is 2. The van der Waals surface area contributed by atoms with Gasteiger partial charge in [0.15, 0.2) is 0 Å². The predicted molar refractivity (Wildman–Crippen MR) is 107 cm³/mol. The average Bonchev–Trinajstić information content (AvgIpc) is 3.41. The van der Waals surface area contributed by atoms with Crippen molar-refractivity contribution in [2.24, 2.45) is 0 Å². The molecule has 0 radical (unpaired) electrons. The number of nitrogens with zero attached hydrogens (tertiary/aromatic N) is 6. The first-order valence-electron chi connectivity index (χ1n) is 8.63. The van der Waals surface area contributed by atoms with Crippen LogP contribution in [0.5, 0.6) is 11.8 Å². The standard InChI is InChI=1S/C18H16N6O2S2/c1(9-25-17-15(21-27-23-17)13-5-3-7-19-11-13)2-10-26-18-16(22-28-24-18)14-6-4-8-20-12-14/h3-8,11-12H,1-2,9-10H2. The van der Waals surface area contributed by atoms with Gasteiger partial charge in [-0.2, -0.15) is 8.75 Å². The van der Waals surface area contributed by atoms with Gasteiger partial charge in [-0.3, -0.25) is 9.97 Å². The fraction of sp³-hybridized carbons (Fsp3) is 0.222. The Morgan fingerprint density at radius 3 is 1.61 bits per heavy atom. The molecule has 142 valence electrons. The molecule has 0 aliphatic heterocycles. The molecule has 10 heteroatoms. The number of hydrogen-bond acceptors (Lipinski definition) is 10. The highest BCUT2D eigenvalue weighted by atomic mass is 32.1. The molecule has 4 aromatic heterocycles. The molecule has 0 fully saturated rings. The lowest BCUT2D eigenvalue weighted by Crippen LogP contribution is -2.04. The second-order valence-electron chi connectivity index (χ2n) is 5.72. The topological polar surface area (TPSA) is 95.8 Å². The van der Waals surface area contributed by atoms with Gasteiger partial charge in [-0.05, 0) is 37.1 Å². The molecule has 4 rings (SSSR count). The maximum Gasteiger partial charge on any atom is 0.254 e. The summed E-state index contributed by atoms with van der Waals surface area (Å²) in [4.78, 5) is 8.21. The van der Waals surface area contributed by atoms with E-state index in [1.807, 2.05) is 24.3 Å². The van der Waals surface area contributed by atoms with Crippen molar-refractivity contribution in [1.82, 2.24) is 27.5 Å². The lowest BCUT2D eigenvalue weighted by molar-refractivity contribution is 0.260. The second kappa shape index (κ2) is 9.29. The van der Waals surface area contributed by atoms with E-state index >= 15 is 0 Å². The van der Waals surface area contributed by atoms with Crippen LogP contribution in [0.2, 0.25) is 0 Å². The molecular weight excluding hydrogens is 396 g/mol. The van der Waals surface area contributed by atoms with Crippen LogP contribution in [-0.4, -0.2) is 40.7 Å². The predicted octanol–water partition coefficient (Wildman–Crippen LogP) is 3.75. The Labute approximate surface area is 169 Å². The minimum Gasteiger partial charge on any atom is -0.475 e. The van der Waals surface area contributed by atoms with Crippen LogP contribution in [0.3, 0.4) is 0 Å². The second-order valence-corrected chi connectivity index (χ2v) is 6.78. The summed E-state index contributed by atoms with van der Waals surface area (Å²) in [5, 5.41) is 0. The maximum atomic E-state index is 5.78. The summed E-state index contributed by atoms with van der Waals surface area (Å²) < 4.78 is 28.6. The van der Waals surface area contributed by atoms with Gasteiger partial charge in [0.1, 0.15) is 11.4 Å². The van der Waals surface area contributed by atoms with Gasteiger partial charge in [0.05, 0.1) is 36.7 Å². The summed E-state index contributed by atoms with van der Waals surface area (Å²) in [5.74, 6) is 1.09. The summed E-state index contributed by atoms with van der Waals surface area (Å²) in [7, 11) is 0. The minimum atomic E-state index is 0.535. The van der Waals surface area contributed by atoms with Gasteiger partial charge >= 0.3 is 0 Å². The first-order valence-corrected chi connectivity index (χ1v) is 10.1. The zero-order valence-electron chi connectivity index (χ0n) is 14.8. The molecule has 0 aliphatic carbocycles. The average molecular weight is 412 g/mol. The van der Waals surface area contributed by atoms with Gasteiger partial charge in [0.2, 0.25) is 0 Å². The van der Waals surface area contributed by atoms with E-state index in [0.29, 0.717) is 25.0 Å². The number of rotatable bonds is 9. The molecule has 0 amide bonds. The van der Waals surface area contributed by atoms with E-state index in [-0.39, 0.29) is 0 Å². The van der Waals surface area contributed by atoms with E-state index in [2.05, 4.69) is 27.5 Å². The molecule has 4 aromatic rings. The number of unbranched alkanes of at least 4 members (excludes halogenated alkanes) is 1. The molecule has 28 heavy (non-hydrogen) atoms. The van der Waals surface area contributed by atoms with Gasteiger partial charge in [-0.25, -0.2) is 0 Å². The van der Waals surface area contributed by atoms with Gasteiger partial charge in [0, 0.05) is 35.9 Å². The summed E-state index contributed by atoms with van der Waals surface area (Å²) >= 11 is 2.26. The Balaban J connectivity index is 1.23. The van der Waals surface area contributed by atoms with Crippen molar-refractivity contribution in [3.05, 3.63) is 49.1 Å². The van der Waals surface area contributed by atoms with Crippen molar-refractivity contribution in [3.63, 3.8) is 0 Å². The van der Waals surface area contributed by atoms with Crippen LogP contribution in [0.15, 0.2) is 49.1 Å². The molecular formula is C18H16N6O2S2. The van der Waals surface area contributed by atoms with Crippen molar-refractivity contribution in [2.75, 3.05) is 13.2 Å². The van der Waals surface area contributed by atoms with E-state index in [4.69, 9.17) is 9.47 Å². The number of aromatic nitrogens is 6. The molecule has 0 saturated heterocycles. The van der Waals surface area contributed by atoms with Crippen molar-refractivity contribution >= 4 is 23.5 Å². The van der Waals surface area contributed by atoms with Crippen LogP contribution in [0.4, 0.5) is 0 Å². The Kier molecular flexibility index (Phi) is 6.10. The quantitative estimate of drug-likeness (QED) is 0.384. The largest absolute Gasteiger partial charge is 0.475 e. The van der Waals surface area contributed by atoms with Crippen LogP contribution >= 0.6 is 23.5 Å². The summed E-state index contributed by atoms with van der Waals surface area (Å²) in [5.41, 5.74) is 3.25. The van der Waals surface area contributed by atoms with Gasteiger partial charge in [0.25, 0.3) is 11.8 Å². The summed E-state index contributed by atoms with van der Waals surface area (Å²) in [6, 6.07) is 7.60. The fourth-order valence-electron chi connectivity index (χ4n) is 2.45. The third-order valence-electron chi connectivity index (χ3n) is 3.80. The van der Waals surface area contributed by atoms with Gasteiger partial charge < -0.3 is 9.47 Å². The zero-order chi connectivity index (χ0) is 19.0. The van der Waals surface area contributed by atoms with Crippen LogP contribution in [0.25, 0.3) is 22.5 Å². The lowest BCUT2D eigenvalue weighted by Gasteiger charge is -2.06. The van der Waals surface area contributed by atoms with Crippen molar-refractivity contribution < 1.29 is 9.47 Å². The maximum absolute atomic E-state index is 5.78. The number of hydrogen-bond donors (Lipinski definition) is 0. The smallest absolute Gasteiger partial charge is 0.254 e. The normalized spacial score (nSPS) is 10.7. The summed E-state index contributed by atoms with van der Waals surface area (Å²) in [6.45, 7) is 1.07. The highest BCUT2D eigenvalue weighted by Gasteiger charge is 2.13. The van der Waals surface area contributed by atoms with Crippen molar-refractivity contribution in [3.8, 4) is 34.3 Å². The first-order chi connectivity index (χ1) is 13.9. The molecule has 4 heterocycles. The van der Waals surface area contributed by atoms with Crippen LogP contribution in [-0.2, 0) is 0 Å². The molecule has 0 saturated carbocycles. The molecule has 0 aliphatic rings. The molecule has 0 unspecified atom stereocenters. The highest BCUT2D eigenvalue weighted by Crippen LogP contribution is 2.28. The summed E-state index contributed by atoms with van der Waals surface area (Å²) in [6.07, 6.45) is 8.59. The molecule has 0 N–H and O–H groups in total. The van der Waals surface area contributed by atoms with Gasteiger partial charge in [-0.1, -0.05) is 0 Å². The third-order valence-corrected chi connectivity index (χ3v) is 4.83. The monoisotopic (exact) mass is 412 g/mol. The van der Waals surface area contributed by atoms with Crippen molar-refractivity contribution in [1.29, 1.82) is 0 Å². The zero-order valence-corrected chi connectivity index (χ0v) is 16.4. The van der Waals surface area contributed by atoms with E-state index in [0.717, 1.165) is 58.8 Å². The molecule has 0 atom stereocenters. The molecule has 0 spiro atoms. The Morgan fingerprint density at radius 1 is 0.679 bits per heavy atom. The van der Waals surface area contributed by atoms with E-state index in [9.17, 15) is 0 Å². The third kappa shape index (κ3) is 4.46. The Morgan fingerprint density at radius 2 is 1.18 bits per heavy atom. The first kappa shape index (κ1) is 18.4. The molecule has 0 bridgehead atoms. The van der Waals surface area contributed by atoms with E-state index < -0.39 is 0 Å². The van der Waals surface area contributed by atoms with E-state index in [1.54, 1.807) is 24.8 Å². The minimum absolute atomic E-state index is 0.535. The fourth-order valence-corrected chi connectivity index (χ4v) is 3.49. The van der Waals surface area contributed by atoms with Crippen LogP contribution in [0.1, 0.15) is 12.8 Å². The Bertz CT molecular complexity index is 912. The van der Waals surface area contributed by atoms with Crippen LogP contribution < -0.4 is 9.47 Å². The molecule has 8 nitrogen and oxygen atoms in total. The lowest BCUT2D eigenvalue weighted by atomic mass is 10.2. The SMILES string of the molecule is c1cncc(-c2nsnc2OCCCCOc2nsnc2-c2cccnc2)c1. The van der Waals surface area contributed by atoms with Crippen LogP contribution in [0, 0.1) is 0 Å². The molecule has 0 aromatic carbocycles. The number of pyridine rings is 2. The van der Waals surface area contributed by atoms with Gasteiger partial charge in [-0.15, -0.1) is 8.75 Å². The highest BCUT2D eigenvalue weighted by molar-refractivity contribution is 6.99. The Hall–Kier alpha value is -2.98. The van der Waals surface area contributed by atoms with E-state index in [1.165, 1.54) is 0 Å². The van der Waals surface area contributed by atoms with Crippen molar-refractivity contribution in [2.45, 2.75) is 12.8 Å².